The Kier molecular flexibility index (Phi) is 8.89. The summed E-state index contributed by atoms with van der Waals surface area (Å²) in [5, 5.41) is 5.95. The van der Waals surface area contributed by atoms with E-state index < -0.39 is 17.7 Å². The molecule has 4 aromatic rings. The quantitative estimate of drug-likeness (QED) is 0.218. The Morgan fingerprint density at radius 3 is 2.21 bits per heavy atom. The molecule has 0 saturated carbocycles. The molecule has 1 fully saturated rings. The minimum Gasteiger partial charge on any atom is -0.320 e. The summed E-state index contributed by atoms with van der Waals surface area (Å²) in [6.45, 7) is 2.48. The summed E-state index contributed by atoms with van der Waals surface area (Å²) >= 11 is 6.76. The van der Waals surface area contributed by atoms with Crippen molar-refractivity contribution in [1.29, 1.82) is 0 Å². The number of piperidine rings is 1. The van der Waals surface area contributed by atoms with Crippen LogP contribution in [0.5, 0.6) is 0 Å². The lowest BCUT2D eigenvalue weighted by Gasteiger charge is -2.32. The van der Waals surface area contributed by atoms with Crippen LogP contribution >= 0.6 is 11.6 Å². The highest BCUT2D eigenvalue weighted by atomic mass is 35.5. The number of pyridine rings is 2. The zero-order valence-corrected chi connectivity index (χ0v) is 24.0. The number of rotatable bonds is 8. The number of benzene rings is 2. The second kappa shape index (κ2) is 12.8. The fourth-order valence-corrected chi connectivity index (χ4v) is 5.25. The van der Waals surface area contributed by atoms with E-state index in [-0.39, 0.29) is 24.4 Å². The van der Waals surface area contributed by atoms with Crippen LogP contribution in [-0.4, -0.2) is 52.0 Å². The molecule has 8 nitrogen and oxygen atoms in total. The molecule has 43 heavy (non-hydrogen) atoms. The Morgan fingerprint density at radius 1 is 0.930 bits per heavy atom. The molecule has 0 bridgehead atoms. The first-order chi connectivity index (χ1) is 20.6. The highest BCUT2D eigenvalue weighted by Gasteiger charge is 2.35. The number of hydrogen-bond donors (Lipinski definition) is 2. The van der Waals surface area contributed by atoms with Gasteiger partial charge in [0.25, 0.3) is 17.7 Å². The van der Waals surface area contributed by atoms with Crippen molar-refractivity contribution in [3.05, 3.63) is 106 Å². The SMILES string of the molecule is Cc1c(NC(=O)c2ccc(C=O)cn2)cccc1-c1cccc(NC(=O)c2ccc(CN3CCCC(F)(F)C3)cn2)c1Cl. The number of alkyl halides is 2. The molecular formula is C32H28ClF2N5O3. The number of aldehydes is 1. The minimum absolute atomic E-state index is 0.0942. The Labute approximate surface area is 252 Å². The predicted octanol–water partition coefficient (Wildman–Crippen LogP) is 6.65. The van der Waals surface area contributed by atoms with Gasteiger partial charge in [-0.3, -0.25) is 29.3 Å². The molecule has 0 aliphatic carbocycles. The lowest BCUT2D eigenvalue weighted by Crippen LogP contribution is -2.42. The smallest absolute Gasteiger partial charge is 0.274 e. The fourth-order valence-electron chi connectivity index (χ4n) is 4.97. The third kappa shape index (κ3) is 7.10. The monoisotopic (exact) mass is 603 g/mol. The number of nitrogens with zero attached hydrogens (tertiary/aromatic N) is 3. The van der Waals surface area contributed by atoms with Crippen LogP contribution in [-0.2, 0) is 6.54 Å². The van der Waals surface area contributed by atoms with Gasteiger partial charge in [-0.15, -0.1) is 0 Å². The molecular weight excluding hydrogens is 576 g/mol. The number of nitrogens with one attached hydrogen (secondary N) is 2. The Hall–Kier alpha value is -4.54. The van der Waals surface area contributed by atoms with Crippen LogP contribution in [0.25, 0.3) is 11.1 Å². The summed E-state index contributed by atoms with van der Waals surface area (Å²) in [6, 6.07) is 16.9. The van der Waals surface area contributed by atoms with E-state index in [0.29, 0.717) is 53.3 Å². The van der Waals surface area contributed by atoms with Gasteiger partial charge in [0.2, 0.25) is 0 Å². The van der Waals surface area contributed by atoms with E-state index in [0.717, 1.165) is 16.7 Å². The molecule has 0 atom stereocenters. The number of hydrogen-bond acceptors (Lipinski definition) is 6. The van der Waals surface area contributed by atoms with Crippen LogP contribution in [0.1, 0.15) is 55.3 Å². The Bertz CT molecular complexity index is 1660. The first kappa shape index (κ1) is 29.9. The van der Waals surface area contributed by atoms with Gasteiger partial charge < -0.3 is 10.6 Å². The summed E-state index contributed by atoms with van der Waals surface area (Å²) in [6.07, 6.45) is 3.85. The van der Waals surface area contributed by atoms with Crippen molar-refractivity contribution in [2.45, 2.75) is 32.2 Å². The van der Waals surface area contributed by atoms with E-state index in [9.17, 15) is 23.2 Å². The molecule has 1 aliphatic heterocycles. The van der Waals surface area contributed by atoms with Crippen LogP contribution in [0.3, 0.4) is 0 Å². The third-order valence-corrected chi connectivity index (χ3v) is 7.62. The molecule has 3 heterocycles. The van der Waals surface area contributed by atoms with Gasteiger partial charge in [0.05, 0.1) is 17.3 Å². The average molecular weight is 604 g/mol. The number of amides is 2. The topological polar surface area (TPSA) is 104 Å². The molecule has 220 valence electrons. The molecule has 1 aliphatic rings. The summed E-state index contributed by atoms with van der Waals surface area (Å²) in [5.74, 6) is -3.59. The molecule has 2 aromatic carbocycles. The zero-order chi connectivity index (χ0) is 30.6. The summed E-state index contributed by atoms with van der Waals surface area (Å²) in [5.41, 5.74) is 4.48. The Balaban J connectivity index is 1.29. The maximum Gasteiger partial charge on any atom is 0.274 e. The van der Waals surface area contributed by atoms with Crippen LogP contribution in [0.4, 0.5) is 20.2 Å². The Morgan fingerprint density at radius 2 is 1.58 bits per heavy atom. The number of aromatic nitrogens is 2. The van der Waals surface area contributed by atoms with Crippen molar-refractivity contribution in [1.82, 2.24) is 14.9 Å². The van der Waals surface area contributed by atoms with Gasteiger partial charge in [0.1, 0.15) is 11.4 Å². The molecule has 2 amide bonds. The van der Waals surface area contributed by atoms with Crippen LogP contribution in [0.2, 0.25) is 5.02 Å². The molecule has 0 radical (unpaired) electrons. The first-order valence-electron chi connectivity index (χ1n) is 13.6. The average Bonchev–Trinajstić information content (AvgIpc) is 2.99. The number of likely N-dealkylation sites (tertiary alicyclic amines) is 1. The van der Waals surface area contributed by atoms with E-state index in [2.05, 4.69) is 20.6 Å². The van der Waals surface area contributed by atoms with E-state index in [1.165, 1.54) is 24.5 Å². The summed E-state index contributed by atoms with van der Waals surface area (Å²) in [4.78, 5) is 46.6. The van der Waals surface area contributed by atoms with E-state index in [4.69, 9.17) is 11.6 Å². The van der Waals surface area contributed by atoms with E-state index in [1.807, 2.05) is 19.1 Å². The summed E-state index contributed by atoms with van der Waals surface area (Å²) < 4.78 is 27.5. The van der Waals surface area contributed by atoms with Gasteiger partial charge in [-0.25, -0.2) is 8.78 Å². The molecule has 0 spiro atoms. The van der Waals surface area contributed by atoms with Crippen molar-refractivity contribution in [2.75, 3.05) is 23.7 Å². The van der Waals surface area contributed by atoms with Gasteiger partial charge in [-0.05, 0) is 66.9 Å². The molecule has 2 aromatic heterocycles. The molecule has 0 unspecified atom stereocenters. The minimum atomic E-state index is -2.68. The van der Waals surface area contributed by atoms with Crippen LogP contribution < -0.4 is 10.6 Å². The third-order valence-electron chi connectivity index (χ3n) is 7.21. The van der Waals surface area contributed by atoms with Crippen molar-refractivity contribution < 1.29 is 23.2 Å². The lowest BCUT2D eigenvalue weighted by molar-refractivity contribution is -0.0661. The van der Waals surface area contributed by atoms with Crippen molar-refractivity contribution >= 4 is 41.1 Å². The van der Waals surface area contributed by atoms with E-state index in [1.54, 1.807) is 41.3 Å². The van der Waals surface area contributed by atoms with Crippen molar-refractivity contribution in [3.8, 4) is 11.1 Å². The normalized spacial score (nSPS) is 14.6. The number of anilines is 2. The second-order valence-electron chi connectivity index (χ2n) is 10.4. The maximum atomic E-state index is 13.7. The lowest BCUT2D eigenvalue weighted by atomic mass is 9.98. The van der Waals surface area contributed by atoms with E-state index >= 15 is 0 Å². The van der Waals surface area contributed by atoms with Gasteiger partial charge in [-0.1, -0.05) is 41.9 Å². The second-order valence-corrected chi connectivity index (χ2v) is 10.7. The fraction of sp³-hybridized carbons (Fsp3) is 0.219. The van der Waals surface area contributed by atoms with Gasteiger partial charge in [0, 0.05) is 42.2 Å². The standard InChI is InChI=1S/C32H28ClF2N5O3/c1-20-23(5-2-7-25(20)38-30(42)28-12-10-22(18-41)16-37-28)24-6-3-8-26(29(24)33)39-31(43)27-11-9-21(15-36-27)17-40-14-4-13-32(34,35)19-40/h2-3,5-12,15-16,18H,4,13-14,17,19H2,1H3,(H,38,42)(H,39,43). The first-order valence-corrected chi connectivity index (χ1v) is 14.0. The van der Waals surface area contributed by atoms with Gasteiger partial charge in [-0.2, -0.15) is 0 Å². The number of carbonyl (C=O) groups is 3. The maximum absolute atomic E-state index is 13.7. The number of halogens is 3. The van der Waals surface area contributed by atoms with Crippen LogP contribution in [0, 0.1) is 6.92 Å². The highest BCUT2D eigenvalue weighted by molar-refractivity contribution is 6.36. The highest BCUT2D eigenvalue weighted by Crippen LogP contribution is 2.37. The van der Waals surface area contributed by atoms with Crippen molar-refractivity contribution in [2.24, 2.45) is 0 Å². The predicted molar refractivity (Wildman–Crippen MR) is 161 cm³/mol. The molecule has 2 N–H and O–H groups in total. The zero-order valence-electron chi connectivity index (χ0n) is 23.2. The largest absolute Gasteiger partial charge is 0.320 e. The molecule has 5 rings (SSSR count). The summed E-state index contributed by atoms with van der Waals surface area (Å²) in [7, 11) is 0. The number of carbonyl (C=O) groups excluding carboxylic acids is 3. The molecule has 11 heteroatoms. The van der Waals surface area contributed by atoms with Gasteiger partial charge in [0.15, 0.2) is 6.29 Å². The van der Waals surface area contributed by atoms with Crippen molar-refractivity contribution in [3.63, 3.8) is 0 Å². The van der Waals surface area contributed by atoms with Crippen LogP contribution in [0.15, 0.2) is 73.1 Å². The van der Waals surface area contributed by atoms with Gasteiger partial charge >= 0.3 is 0 Å². The molecule has 1 saturated heterocycles.